The van der Waals surface area contributed by atoms with Crippen LogP contribution in [0, 0.1) is 0 Å². The molecule has 0 atom stereocenters. The molecule has 0 aliphatic heterocycles. The van der Waals surface area contributed by atoms with Crippen LogP contribution in [0.25, 0.3) is 17.2 Å². The molecule has 0 aliphatic carbocycles. The average Bonchev–Trinajstić information content (AvgIpc) is 2.38. The van der Waals surface area contributed by atoms with Gasteiger partial charge >= 0.3 is 0 Å². The minimum absolute atomic E-state index is 0.103. The molecule has 0 unspecified atom stereocenters. The first-order chi connectivity index (χ1) is 8.50. The molecule has 0 amide bonds. The van der Waals surface area contributed by atoms with Gasteiger partial charge in [-0.05, 0) is 28.8 Å². The largest absolute Gasteiger partial charge is 0.294 e. The van der Waals surface area contributed by atoms with E-state index in [4.69, 9.17) is 4.55 Å². The van der Waals surface area contributed by atoms with Crippen molar-refractivity contribution in [3.8, 4) is 11.1 Å². The summed E-state index contributed by atoms with van der Waals surface area (Å²) in [6, 6.07) is 13.8. The van der Waals surface area contributed by atoms with Gasteiger partial charge in [-0.2, -0.15) is 8.42 Å². The van der Waals surface area contributed by atoms with Gasteiger partial charge in [0.15, 0.2) is 0 Å². The van der Waals surface area contributed by atoms with Crippen molar-refractivity contribution < 1.29 is 13.0 Å². The second-order valence-electron chi connectivity index (χ2n) is 3.83. The van der Waals surface area contributed by atoms with Gasteiger partial charge in [-0.3, -0.25) is 4.55 Å². The molecule has 2 aromatic rings. The predicted molar refractivity (Wildman–Crippen MR) is 71.8 cm³/mol. The van der Waals surface area contributed by atoms with Crippen LogP contribution in [0.3, 0.4) is 0 Å². The topological polar surface area (TPSA) is 54.4 Å². The smallest absolute Gasteiger partial charge is 0.282 e. The van der Waals surface area contributed by atoms with Crippen molar-refractivity contribution in [2.45, 2.75) is 4.90 Å². The lowest BCUT2D eigenvalue weighted by molar-refractivity contribution is 0.483. The Morgan fingerprint density at radius 2 is 1.33 bits per heavy atom. The summed E-state index contributed by atoms with van der Waals surface area (Å²) in [5, 5.41) is 0. The highest BCUT2D eigenvalue weighted by molar-refractivity contribution is 7.85. The highest BCUT2D eigenvalue weighted by atomic mass is 32.2. The fraction of sp³-hybridized carbons (Fsp3) is 0. The Labute approximate surface area is 106 Å². The van der Waals surface area contributed by atoms with Crippen molar-refractivity contribution in [3.05, 3.63) is 60.7 Å². The van der Waals surface area contributed by atoms with Crippen LogP contribution in [0.15, 0.2) is 60.0 Å². The van der Waals surface area contributed by atoms with Gasteiger partial charge in [0.1, 0.15) is 0 Å². The maximum Gasteiger partial charge on any atom is 0.294 e. The molecule has 3 nitrogen and oxygen atoms in total. The molecular formula is C14H12O3S. The first-order valence-corrected chi connectivity index (χ1v) is 6.75. The lowest BCUT2D eigenvalue weighted by Crippen LogP contribution is -1.97. The molecule has 0 heterocycles. The Bertz CT molecular complexity index is 653. The lowest BCUT2D eigenvalue weighted by Gasteiger charge is -2.03. The first-order valence-electron chi connectivity index (χ1n) is 5.31. The molecule has 0 aromatic heterocycles. The Morgan fingerprint density at radius 1 is 0.889 bits per heavy atom. The molecule has 18 heavy (non-hydrogen) atoms. The normalized spacial score (nSPS) is 11.2. The minimum atomic E-state index is -4.13. The van der Waals surface area contributed by atoms with Crippen molar-refractivity contribution in [3.63, 3.8) is 0 Å². The van der Waals surface area contributed by atoms with E-state index in [9.17, 15) is 8.42 Å². The summed E-state index contributed by atoms with van der Waals surface area (Å²) in [7, 11) is -4.13. The zero-order valence-electron chi connectivity index (χ0n) is 9.58. The molecule has 0 saturated heterocycles. The van der Waals surface area contributed by atoms with E-state index in [-0.39, 0.29) is 4.90 Å². The Kier molecular flexibility index (Phi) is 3.32. The summed E-state index contributed by atoms with van der Waals surface area (Å²) in [4.78, 5) is -0.103. The van der Waals surface area contributed by atoms with E-state index in [2.05, 4.69) is 6.58 Å². The van der Waals surface area contributed by atoms with Crippen LogP contribution < -0.4 is 0 Å². The molecule has 0 saturated carbocycles. The van der Waals surface area contributed by atoms with E-state index in [1.165, 1.54) is 12.1 Å². The highest BCUT2D eigenvalue weighted by Crippen LogP contribution is 2.21. The Hall–Kier alpha value is -1.91. The Morgan fingerprint density at radius 3 is 1.72 bits per heavy atom. The van der Waals surface area contributed by atoms with E-state index in [0.29, 0.717) is 0 Å². The summed E-state index contributed by atoms with van der Waals surface area (Å²) in [6.07, 6.45) is 1.76. The van der Waals surface area contributed by atoms with Crippen molar-refractivity contribution in [2.75, 3.05) is 0 Å². The summed E-state index contributed by atoms with van der Waals surface area (Å²) >= 11 is 0. The van der Waals surface area contributed by atoms with Gasteiger partial charge in [0, 0.05) is 0 Å². The summed E-state index contributed by atoms with van der Waals surface area (Å²) in [5.41, 5.74) is 2.88. The van der Waals surface area contributed by atoms with E-state index in [1.54, 1.807) is 18.2 Å². The first kappa shape index (κ1) is 12.5. The fourth-order valence-corrected chi connectivity index (χ4v) is 2.11. The predicted octanol–water partition coefficient (Wildman–Crippen LogP) is 3.24. The number of hydrogen-bond acceptors (Lipinski definition) is 2. The van der Waals surface area contributed by atoms with Gasteiger partial charge in [0.2, 0.25) is 0 Å². The maximum atomic E-state index is 10.9. The van der Waals surface area contributed by atoms with Crippen LogP contribution in [0.2, 0.25) is 0 Å². The fourth-order valence-electron chi connectivity index (χ4n) is 1.63. The van der Waals surface area contributed by atoms with Gasteiger partial charge in [-0.25, -0.2) is 0 Å². The van der Waals surface area contributed by atoms with Crippen molar-refractivity contribution in [2.24, 2.45) is 0 Å². The molecule has 1 N–H and O–H groups in total. The zero-order chi connectivity index (χ0) is 13.2. The van der Waals surface area contributed by atoms with Crippen molar-refractivity contribution in [1.82, 2.24) is 0 Å². The van der Waals surface area contributed by atoms with Crippen LogP contribution in [-0.2, 0) is 10.1 Å². The third kappa shape index (κ3) is 2.67. The van der Waals surface area contributed by atoms with Gasteiger partial charge in [0.25, 0.3) is 10.1 Å². The molecule has 0 fully saturated rings. The van der Waals surface area contributed by atoms with Crippen molar-refractivity contribution >= 4 is 16.2 Å². The maximum absolute atomic E-state index is 10.9. The third-order valence-electron chi connectivity index (χ3n) is 2.63. The lowest BCUT2D eigenvalue weighted by atomic mass is 10.0. The molecule has 92 valence electrons. The SMILES string of the molecule is C=Cc1ccc(-c2ccc(S(=O)(=O)O)cc2)cc1. The molecular weight excluding hydrogens is 248 g/mol. The van der Waals surface area contributed by atoms with Gasteiger partial charge in [0.05, 0.1) is 4.90 Å². The second-order valence-corrected chi connectivity index (χ2v) is 5.25. The summed E-state index contributed by atoms with van der Waals surface area (Å²) in [5.74, 6) is 0. The number of benzene rings is 2. The van der Waals surface area contributed by atoms with E-state index in [1.807, 2.05) is 24.3 Å². The van der Waals surface area contributed by atoms with Gasteiger partial charge in [-0.15, -0.1) is 0 Å². The Balaban J connectivity index is 2.37. The zero-order valence-corrected chi connectivity index (χ0v) is 10.4. The van der Waals surface area contributed by atoms with Crippen LogP contribution in [0.4, 0.5) is 0 Å². The van der Waals surface area contributed by atoms with E-state index in [0.717, 1.165) is 16.7 Å². The molecule has 0 spiro atoms. The van der Waals surface area contributed by atoms with Crippen LogP contribution in [0.5, 0.6) is 0 Å². The standard InChI is InChI=1S/C14H12O3S/c1-2-11-3-5-12(6-4-11)13-7-9-14(10-8-13)18(15,16)17/h2-10H,1H2,(H,15,16,17). The molecule has 0 aliphatic rings. The van der Waals surface area contributed by atoms with Crippen molar-refractivity contribution in [1.29, 1.82) is 0 Å². The minimum Gasteiger partial charge on any atom is -0.282 e. The number of hydrogen-bond donors (Lipinski definition) is 1. The second kappa shape index (κ2) is 4.76. The average molecular weight is 260 g/mol. The molecule has 2 aromatic carbocycles. The van der Waals surface area contributed by atoms with Gasteiger partial charge < -0.3 is 0 Å². The summed E-state index contributed by atoms with van der Waals surface area (Å²) in [6.45, 7) is 3.68. The molecule has 4 heteroatoms. The molecule has 0 radical (unpaired) electrons. The summed E-state index contributed by atoms with van der Waals surface area (Å²) < 4.78 is 30.7. The molecule has 2 rings (SSSR count). The highest BCUT2D eigenvalue weighted by Gasteiger charge is 2.08. The van der Waals surface area contributed by atoms with E-state index < -0.39 is 10.1 Å². The van der Waals surface area contributed by atoms with Crippen LogP contribution >= 0.6 is 0 Å². The number of rotatable bonds is 3. The quantitative estimate of drug-likeness (QED) is 0.862. The molecule has 0 bridgehead atoms. The monoisotopic (exact) mass is 260 g/mol. The van der Waals surface area contributed by atoms with Gasteiger partial charge in [-0.1, -0.05) is 49.1 Å². The van der Waals surface area contributed by atoms with Crippen LogP contribution in [0.1, 0.15) is 5.56 Å². The van der Waals surface area contributed by atoms with Crippen LogP contribution in [-0.4, -0.2) is 13.0 Å². The third-order valence-corrected chi connectivity index (χ3v) is 3.50. The van der Waals surface area contributed by atoms with E-state index >= 15 is 0 Å².